The highest BCUT2D eigenvalue weighted by molar-refractivity contribution is 7.99. The van der Waals surface area contributed by atoms with E-state index in [-0.39, 0.29) is 5.78 Å². The first kappa shape index (κ1) is 20.1. The number of rotatable bonds is 6. The molecule has 5 rings (SSSR count). The maximum absolute atomic E-state index is 13.1. The molecule has 1 saturated carbocycles. The topological polar surface area (TPSA) is 63.6 Å². The van der Waals surface area contributed by atoms with E-state index < -0.39 is 0 Å². The van der Waals surface area contributed by atoms with Crippen molar-refractivity contribution in [1.82, 2.24) is 19.7 Å². The molecule has 1 fully saturated rings. The van der Waals surface area contributed by atoms with Crippen LogP contribution in [0.25, 0.3) is 16.6 Å². The lowest BCUT2D eigenvalue weighted by atomic mass is 9.88. The number of carbonyl (C=O) groups excluding carboxylic acids is 1. The summed E-state index contributed by atoms with van der Waals surface area (Å²) in [7, 11) is 0. The zero-order valence-electron chi connectivity index (χ0n) is 17.7. The number of hydrogen-bond donors (Lipinski definition) is 1. The summed E-state index contributed by atoms with van der Waals surface area (Å²) >= 11 is 1.43. The molecule has 5 nitrogen and oxygen atoms in total. The van der Waals surface area contributed by atoms with Crippen molar-refractivity contribution in [2.45, 2.75) is 50.1 Å². The third-order valence-corrected chi connectivity index (χ3v) is 6.93. The van der Waals surface area contributed by atoms with E-state index in [4.69, 9.17) is 10.1 Å². The smallest absolute Gasteiger partial charge is 0.209 e. The molecule has 0 unspecified atom stereocenters. The van der Waals surface area contributed by atoms with Crippen LogP contribution in [0.2, 0.25) is 0 Å². The van der Waals surface area contributed by atoms with E-state index in [0.717, 1.165) is 46.5 Å². The molecule has 0 bridgehead atoms. The number of aromatic amines is 1. The molecule has 1 aliphatic rings. The van der Waals surface area contributed by atoms with Crippen molar-refractivity contribution in [2.75, 3.05) is 5.75 Å². The summed E-state index contributed by atoms with van der Waals surface area (Å²) in [5.74, 6) is 1.90. The van der Waals surface area contributed by atoms with E-state index in [9.17, 15) is 4.79 Å². The fraction of sp³-hybridized carbons (Fsp3) is 0.320. The monoisotopic (exact) mass is 430 g/mol. The molecular weight excluding hydrogens is 404 g/mol. The fourth-order valence-electron chi connectivity index (χ4n) is 4.59. The van der Waals surface area contributed by atoms with Gasteiger partial charge in [-0.05, 0) is 38.0 Å². The number of ketones is 1. The maximum atomic E-state index is 13.1. The lowest BCUT2D eigenvalue weighted by Crippen LogP contribution is -2.12. The molecule has 0 spiro atoms. The number of thioether (sulfide) groups is 1. The first-order valence-electron chi connectivity index (χ1n) is 11.0. The minimum atomic E-state index is 0.107. The predicted molar refractivity (Wildman–Crippen MR) is 125 cm³/mol. The number of nitrogens with zero attached hydrogens (tertiary/aromatic N) is 3. The van der Waals surface area contributed by atoms with Crippen molar-refractivity contribution in [2.24, 2.45) is 0 Å². The Bertz CT molecular complexity index is 1200. The van der Waals surface area contributed by atoms with Gasteiger partial charge >= 0.3 is 0 Å². The Labute approximate surface area is 186 Å². The molecule has 0 saturated heterocycles. The molecule has 6 heteroatoms. The second-order valence-electron chi connectivity index (χ2n) is 8.22. The zero-order valence-corrected chi connectivity index (χ0v) is 18.5. The van der Waals surface area contributed by atoms with Crippen LogP contribution in [-0.2, 0) is 0 Å². The average Bonchev–Trinajstić information content (AvgIpc) is 3.39. The molecule has 2 aromatic heterocycles. The maximum Gasteiger partial charge on any atom is 0.209 e. The van der Waals surface area contributed by atoms with Crippen LogP contribution in [0.3, 0.4) is 0 Å². The Hall–Kier alpha value is -2.86. The predicted octanol–water partition coefficient (Wildman–Crippen LogP) is 6.08. The van der Waals surface area contributed by atoms with Gasteiger partial charge in [0.15, 0.2) is 5.78 Å². The highest BCUT2D eigenvalue weighted by Crippen LogP contribution is 2.34. The summed E-state index contributed by atoms with van der Waals surface area (Å²) in [6, 6.07) is 18.2. The quantitative estimate of drug-likeness (QED) is 0.297. The van der Waals surface area contributed by atoms with E-state index >= 15 is 0 Å². The largest absolute Gasteiger partial charge is 0.358 e. The van der Waals surface area contributed by atoms with E-state index in [1.807, 2.05) is 54.1 Å². The average molecular weight is 431 g/mol. The second kappa shape index (κ2) is 8.71. The van der Waals surface area contributed by atoms with Gasteiger partial charge in [-0.15, -0.1) is 5.10 Å². The highest BCUT2D eigenvalue weighted by Gasteiger charge is 2.24. The molecule has 0 radical (unpaired) electrons. The van der Waals surface area contributed by atoms with E-state index in [0.29, 0.717) is 16.8 Å². The molecule has 4 aromatic rings. The highest BCUT2D eigenvalue weighted by atomic mass is 32.2. The number of nitrogens with one attached hydrogen (secondary N) is 1. The van der Waals surface area contributed by atoms with Gasteiger partial charge in [0.05, 0.1) is 11.4 Å². The van der Waals surface area contributed by atoms with Gasteiger partial charge in [-0.3, -0.25) is 4.79 Å². The van der Waals surface area contributed by atoms with E-state index in [1.54, 1.807) is 0 Å². The van der Waals surface area contributed by atoms with Gasteiger partial charge in [0, 0.05) is 28.1 Å². The molecule has 2 heterocycles. The van der Waals surface area contributed by atoms with Crippen molar-refractivity contribution in [3.05, 3.63) is 71.7 Å². The zero-order chi connectivity index (χ0) is 21.2. The Balaban J connectivity index is 1.41. The van der Waals surface area contributed by atoms with Gasteiger partial charge in [-0.1, -0.05) is 67.4 Å². The molecule has 158 valence electrons. The number of Topliss-reactive ketones (excluding diaryl/α,β-unsaturated/α-hetero) is 1. The van der Waals surface area contributed by atoms with Gasteiger partial charge in [0.25, 0.3) is 0 Å². The number of fused-ring (bicyclic) bond motifs is 1. The molecule has 1 aliphatic carbocycles. The standard InChI is InChI=1S/C25H26N4OS/c1-17-23(20-14-8-9-15-21(20)26-17)22(30)16-31-25-27-24(18-10-4-2-5-11-18)29(28-25)19-12-6-3-7-13-19/h3,6-9,12-15,18,26H,2,4-5,10-11,16H2,1H3. The Morgan fingerprint density at radius 3 is 2.61 bits per heavy atom. The second-order valence-corrected chi connectivity index (χ2v) is 9.16. The third kappa shape index (κ3) is 4.04. The number of aromatic nitrogens is 4. The SMILES string of the molecule is Cc1[nH]c2ccccc2c1C(=O)CSc1nc(C2CCCCC2)n(-c2ccccc2)n1. The number of hydrogen-bond acceptors (Lipinski definition) is 4. The van der Waals surface area contributed by atoms with Gasteiger partial charge in [0.1, 0.15) is 5.82 Å². The number of carbonyl (C=O) groups is 1. The van der Waals surface area contributed by atoms with Crippen LogP contribution >= 0.6 is 11.8 Å². The van der Waals surface area contributed by atoms with Crippen LogP contribution in [-0.4, -0.2) is 31.3 Å². The van der Waals surface area contributed by atoms with Gasteiger partial charge in [0.2, 0.25) is 5.16 Å². The molecule has 31 heavy (non-hydrogen) atoms. The molecule has 2 aromatic carbocycles. The van der Waals surface area contributed by atoms with E-state index in [1.165, 1.54) is 31.0 Å². The first-order valence-corrected chi connectivity index (χ1v) is 11.9. The first-order chi connectivity index (χ1) is 15.2. The van der Waals surface area contributed by atoms with Crippen LogP contribution in [0.5, 0.6) is 0 Å². The van der Waals surface area contributed by atoms with Gasteiger partial charge < -0.3 is 4.98 Å². The number of aryl methyl sites for hydroxylation is 1. The van der Waals surface area contributed by atoms with Crippen molar-refractivity contribution in [3.63, 3.8) is 0 Å². The molecular formula is C25H26N4OS. The summed E-state index contributed by atoms with van der Waals surface area (Å²) in [5, 5.41) is 6.46. The summed E-state index contributed by atoms with van der Waals surface area (Å²) in [4.78, 5) is 21.3. The minimum absolute atomic E-state index is 0.107. The van der Waals surface area contributed by atoms with Crippen LogP contribution in [0, 0.1) is 6.92 Å². The van der Waals surface area contributed by atoms with Crippen molar-refractivity contribution >= 4 is 28.4 Å². The summed E-state index contributed by atoms with van der Waals surface area (Å²) in [6.07, 6.45) is 6.10. The Morgan fingerprint density at radius 1 is 1.06 bits per heavy atom. The number of benzene rings is 2. The van der Waals surface area contributed by atoms with E-state index in [2.05, 4.69) is 17.1 Å². The summed E-state index contributed by atoms with van der Waals surface area (Å²) in [5.41, 5.74) is 3.72. The summed E-state index contributed by atoms with van der Waals surface area (Å²) in [6.45, 7) is 1.96. The molecule has 0 amide bonds. The lowest BCUT2D eigenvalue weighted by molar-refractivity contribution is 0.102. The Morgan fingerprint density at radius 2 is 1.81 bits per heavy atom. The molecule has 1 N–H and O–H groups in total. The Kier molecular flexibility index (Phi) is 5.64. The number of H-pyrrole nitrogens is 1. The number of para-hydroxylation sites is 2. The van der Waals surface area contributed by atoms with Gasteiger partial charge in [-0.2, -0.15) is 0 Å². The lowest BCUT2D eigenvalue weighted by Gasteiger charge is -2.21. The molecule has 0 aliphatic heterocycles. The normalized spacial score (nSPS) is 14.9. The van der Waals surface area contributed by atoms with Crippen molar-refractivity contribution in [3.8, 4) is 5.69 Å². The van der Waals surface area contributed by atoms with Crippen LogP contribution in [0.15, 0.2) is 59.8 Å². The van der Waals surface area contributed by atoms with Crippen LogP contribution < -0.4 is 0 Å². The molecule has 0 atom stereocenters. The van der Waals surface area contributed by atoms with Gasteiger partial charge in [-0.25, -0.2) is 9.67 Å². The minimum Gasteiger partial charge on any atom is -0.358 e. The van der Waals surface area contributed by atoms with Crippen LogP contribution in [0.4, 0.5) is 0 Å². The van der Waals surface area contributed by atoms with Crippen LogP contribution in [0.1, 0.15) is 59.9 Å². The van der Waals surface area contributed by atoms with Crippen molar-refractivity contribution in [1.29, 1.82) is 0 Å². The fourth-order valence-corrected chi connectivity index (χ4v) is 5.29. The third-order valence-electron chi connectivity index (χ3n) is 6.09. The van der Waals surface area contributed by atoms with Crippen molar-refractivity contribution < 1.29 is 4.79 Å². The summed E-state index contributed by atoms with van der Waals surface area (Å²) < 4.78 is 1.99.